The van der Waals surface area contributed by atoms with Crippen molar-refractivity contribution in [1.29, 1.82) is 0 Å². The molecule has 1 atom stereocenters. The third-order valence-corrected chi connectivity index (χ3v) is 5.85. The Labute approximate surface area is 185 Å². The Morgan fingerprint density at radius 3 is 2.39 bits per heavy atom. The lowest BCUT2D eigenvalue weighted by atomic mass is 9.88. The molecule has 0 saturated heterocycles. The molecule has 3 aromatic rings. The number of carbonyl (C=O) groups excluding carboxylic acids is 2. The smallest absolute Gasteiger partial charge is 0.258 e. The standard InChI is InChI=1S/C25H22ClFN2O2/c1-2-28(20-13-9-18(26)10-14-20)25(31)22-15-16-29(23-6-4-3-5-21(22)23)24(30)17-7-11-19(27)12-8-17/h3-14,22H,2,15-16H2,1H3/t22-/m1/s1. The molecule has 4 nitrogen and oxygen atoms in total. The highest BCUT2D eigenvalue weighted by Crippen LogP contribution is 2.38. The molecule has 6 heteroatoms. The van der Waals surface area contributed by atoms with E-state index in [1.807, 2.05) is 43.3 Å². The van der Waals surface area contributed by atoms with Crippen molar-refractivity contribution in [3.63, 3.8) is 0 Å². The van der Waals surface area contributed by atoms with Crippen LogP contribution in [0.5, 0.6) is 0 Å². The van der Waals surface area contributed by atoms with Crippen molar-refractivity contribution in [2.24, 2.45) is 0 Å². The van der Waals surface area contributed by atoms with E-state index < -0.39 is 0 Å². The van der Waals surface area contributed by atoms with Crippen LogP contribution >= 0.6 is 11.6 Å². The van der Waals surface area contributed by atoms with E-state index in [9.17, 15) is 14.0 Å². The Kier molecular flexibility index (Phi) is 6.05. The van der Waals surface area contributed by atoms with Gasteiger partial charge in [-0.15, -0.1) is 0 Å². The maximum absolute atomic E-state index is 13.5. The first-order valence-electron chi connectivity index (χ1n) is 10.2. The molecule has 0 fully saturated rings. The van der Waals surface area contributed by atoms with Crippen molar-refractivity contribution < 1.29 is 14.0 Å². The van der Waals surface area contributed by atoms with Gasteiger partial charge >= 0.3 is 0 Å². The maximum Gasteiger partial charge on any atom is 0.258 e. The number of halogens is 2. The minimum atomic E-state index is -0.386. The van der Waals surface area contributed by atoms with Crippen LogP contribution in [0.25, 0.3) is 0 Å². The summed E-state index contributed by atoms with van der Waals surface area (Å²) in [6, 6.07) is 20.2. The van der Waals surface area contributed by atoms with Crippen LogP contribution in [0.4, 0.5) is 15.8 Å². The first-order chi connectivity index (χ1) is 15.0. The second kappa shape index (κ2) is 8.90. The molecule has 31 heavy (non-hydrogen) atoms. The molecule has 0 bridgehead atoms. The Bertz CT molecular complexity index is 1100. The van der Waals surface area contributed by atoms with Gasteiger partial charge in [0, 0.05) is 35.1 Å². The number of nitrogens with zero attached hydrogens (tertiary/aromatic N) is 2. The number of para-hydroxylation sites is 1. The molecule has 1 aliphatic rings. The number of benzene rings is 3. The van der Waals surface area contributed by atoms with E-state index in [4.69, 9.17) is 11.6 Å². The normalized spacial score (nSPS) is 15.3. The van der Waals surface area contributed by atoms with Crippen LogP contribution in [0.15, 0.2) is 72.8 Å². The molecular weight excluding hydrogens is 415 g/mol. The molecule has 0 radical (unpaired) electrons. The molecule has 1 aliphatic heterocycles. The van der Waals surface area contributed by atoms with Crippen molar-refractivity contribution in [3.8, 4) is 0 Å². The summed E-state index contributed by atoms with van der Waals surface area (Å²) in [6.45, 7) is 2.87. The molecule has 2 amide bonds. The van der Waals surface area contributed by atoms with Gasteiger partial charge in [0.1, 0.15) is 5.82 Å². The van der Waals surface area contributed by atoms with Gasteiger partial charge in [-0.2, -0.15) is 0 Å². The van der Waals surface area contributed by atoms with Crippen LogP contribution in [0, 0.1) is 5.82 Å². The molecule has 0 saturated carbocycles. The highest BCUT2D eigenvalue weighted by atomic mass is 35.5. The van der Waals surface area contributed by atoms with Gasteiger partial charge in [-0.05, 0) is 73.5 Å². The van der Waals surface area contributed by atoms with Gasteiger partial charge in [-0.1, -0.05) is 29.8 Å². The average Bonchev–Trinajstić information content (AvgIpc) is 2.80. The van der Waals surface area contributed by atoms with Crippen LogP contribution in [0.3, 0.4) is 0 Å². The Morgan fingerprint density at radius 2 is 1.71 bits per heavy atom. The number of anilines is 2. The summed E-state index contributed by atoms with van der Waals surface area (Å²) in [5.41, 5.74) is 2.74. The molecule has 0 aromatic heterocycles. The molecule has 3 aromatic carbocycles. The summed E-state index contributed by atoms with van der Waals surface area (Å²) in [6.07, 6.45) is 0.507. The highest BCUT2D eigenvalue weighted by Gasteiger charge is 2.35. The number of hydrogen-bond donors (Lipinski definition) is 0. The topological polar surface area (TPSA) is 40.6 Å². The van der Waals surface area contributed by atoms with E-state index in [0.717, 1.165) is 11.3 Å². The summed E-state index contributed by atoms with van der Waals surface area (Å²) in [5, 5.41) is 0.616. The van der Waals surface area contributed by atoms with E-state index in [1.54, 1.807) is 21.9 Å². The number of amides is 2. The molecule has 0 unspecified atom stereocenters. The van der Waals surface area contributed by atoms with Gasteiger partial charge in [0.15, 0.2) is 0 Å². The third kappa shape index (κ3) is 4.19. The lowest BCUT2D eigenvalue weighted by molar-refractivity contribution is -0.120. The zero-order valence-electron chi connectivity index (χ0n) is 17.1. The van der Waals surface area contributed by atoms with Crippen molar-refractivity contribution in [1.82, 2.24) is 0 Å². The Balaban J connectivity index is 1.65. The largest absolute Gasteiger partial charge is 0.312 e. The minimum Gasteiger partial charge on any atom is -0.312 e. The molecule has 158 valence electrons. The number of likely N-dealkylation sites (N-methyl/N-ethyl adjacent to an activating group) is 1. The molecule has 0 N–H and O–H groups in total. The average molecular weight is 437 g/mol. The first-order valence-corrected chi connectivity index (χ1v) is 10.6. The summed E-state index contributed by atoms with van der Waals surface area (Å²) < 4.78 is 13.3. The van der Waals surface area contributed by atoms with Crippen LogP contribution in [-0.2, 0) is 4.79 Å². The lowest BCUT2D eigenvalue weighted by Gasteiger charge is -2.36. The van der Waals surface area contributed by atoms with E-state index in [0.29, 0.717) is 35.8 Å². The fourth-order valence-corrected chi connectivity index (χ4v) is 4.18. The van der Waals surface area contributed by atoms with Crippen molar-refractivity contribution in [2.75, 3.05) is 22.9 Å². The van der Waals surface area contributed by atoms with Crippen molar-refractivity contribution in [3.05, 3.63) is 94.8 Å². The second-order valence-electron chi connectivity index (χ2n) is 7.42. The number of rotatable bonds is 4. The fraction of sp³-hybridized carbons (Fsp3) is 0.200. The van der Waals surface area contributed by atoms with Gasteiger partial charge < -0.3 is 9.80 Å². The quantitative estimate of drug-likeness (QED) is 0.529. The number of fused-ring (bicyclic) bond motifs is 1. The number of hydrogen-bond acceptors (Lipinski definition) is 2. The third-order valence-electron chi connectivity index (χ3n) is 5.60. The highest BCUT2D eigenvalue weighted by molar-refractivity contribution is 6.30. The second-order valence-corrected chi connectivity index (χ2v) is 7.86. The van der Waals surface area contributed by atoms with E-state index >= 15 is 0 Å². The maximum atomic E-state index is 13.5. The zero-order chi connectivity index (χ0) is 22.0. The number of carbonyl (C=O) groups is 2. The summed E-state index contributed by atoms with van der Waals surface area (Å²) in [4.78, 5) is 30.0. The van der Waals surface area contributed by atoms with E-state index in [-0.39, 0.29) is 23.5 Å². The molecule has 0 aliphatic carbocycles. The lowest BCUT2D eigenvalue weighted by Crippen LogP contribution is -2.42. The molecule has 4 rings (SSSR count). The van der Waals surface area contributed by atoms with Crippen LogP contribution in [-0.4, -0.2) is 24.9 Å². The van der Waals surface area contributed by atoms with E-state index in [2.05, 4.69) is 0 Å². The van der Waals surface area contributed by atoms with Gasteiger partial charge in [-0.25, -0.2) is 4.39 Å². The zero-order valence-corrected chi connectivity index (χ0v) is 17.8. The first kappa shape index (κ1) is 21.1. The SMILES string of the molecule is CCN(C(=O)[C@@H]1CCN(C(=O)c2ccc(F)cc2)c2ccccc21)c1ccc(Cl)cc1. The van der Waals surface area contributed by atoms with Gasteiger partial charge in [0.05, 0.1) is 5.92 Å². The monoisotopic (exact) mass is 436 g/mol. The Hall–Kier alpha value is -3.18. The summed E-state index contributed by atoms with van der Waals surface area (Å²) >= 11 is 6.00. The van der Waals surface area contributed by atoms with E-state index in [1.165, 1.54) is 24.3 Å². The molecule has 0 spiro atoms. The van der Waals surface area contributed by atoms with Gasteiger partial charge in [0.2, 0.25) is 5.91 Å². The fourth-order valence-electron chi connectivity index (χ4n) is 4.05. The van der Waals surface area contributed by atoms with Crippen molar-refractivity contribution >= 4 is 34.8 Å². The minimum absolute atomic E-state index is 0.00819. The predicted octanol–water partition coefficient (Wildman–Crippen LogP) is 5.67. The van der Waals surface area contributed by atoms with Crippen LogP contribution in [0.2, 0.25) is 5.02 Å². The molecular formula is C25H22ClFN2O2. The van der Waals surface area contributed by atoms with Crippen LogP contribution in [0.1, 0.15) is 35.2 Å². The predicted molar refractivity (Wildman–Crippen MR) is 121 cm³/mol. The Morgan fingerprint density at radius 1 is 1.03 bits per heavy atom. The van der Waals surface area contributed by atoms with Gasteiger partial charge in [0.25, 0.3) is 5.91 Å². The summed E-state index contributed by atoms with van der Waals surface area (Å²) in [7, 11) is 0. The van der Waals surface area contributed by atoms with Crippen LogP contribution < -0.4 is 9.80 Å². The van der Waals surface area contributed by atoms with Crippen molar-refractivity contribution in [2.45, 2.75) is 19.3 Å². The molecule has 1 heterocycles. The summed E-state index contributed by atoms with van der Waals surface area (Å²) in [5.74, 6) is -0.957. The van der Waals surface area contributed by atoms with Gasteiger partial charge in [-0.3, -0.25) is 9.59 Å².